The molecule has 1 aromatic carbocycles. The van der Waals surface area contributed by atoms with E-state index in [1.165, 1.54) is 12.4 Å². The van der Waals surface area contributed by atoms with Gasteiger partial charge >= 0.3 is 0 Å². The molecule has 0 aliphatic heterocycles. The Morgan fingerprint density at radius 1 is 1.06 bits per heavy atom. The fraction of sp³-hybridized carbons (Fsp3) is 0.167. The van der Waals surface area contributed by atoms with Crippen molar-refractivity contribution in [2.24, 2.45) is 0 Å². The lowest BCUT2D eigenvalue weighted by molar-refractivity contribution is 0.861. The van der Waals surface area contributed by atoms with Gasteiger partial charge in [0.1, 0.15) is 0 Å². The summed E-state index contributed by atoms with van der Waals surface area (Å²) in [6.45, 7) is 1.97. The SMILES string of the molecule is CC(Nc1ncc(Cl)cn1)c1ccc(Cl)cc1Cl. The topological polar surface area (TPSA) is 37.8 Å². The van der Waals surface area contributed by atoms with Crippen LogP contribution in [0.25, 0.3) is 0 Å². The van der Waals surface area contributed by atoms with E-state index in [2.05, 4.69) is 15.3 Å². The molecular formula is C12H10Cl3N3. The first-order valence-electron chi connectivity index (χ1n) is 5.25. The number of halogens is 3. The van der Waals surface area contributed by atoms with Gasteiger partial charge in [-0.25, -0.2) is 9.97 Å². The smallest absolute Gasteiger partial charge is 0.223 e. The predicted octanol–water partition coefficient (Wildman–Crippen LogP) is 4.61. The van der Waals surface area contributed by atoms with Crippen molar-refractivity contribution in [2.45, 2.75) is 13.0 Å². The molecule has 0 saturated carbocycles. The minimum Gasteiger partial charge on any atom is -0.348 e. The summed E-state index contributed by atoms with van der Waals surface area (Å²) in [4.78, 5) is 8.14. The number of hydrogen-bond donors (Lipinski definition) is 1. The van der Waals surface area contributed by atoms with Crippen molar-refractivity contribution in [1.82, 2.24) is 9.97 Å². The molecule has 0 bridgehead atoms. The van der Waals surface area contributed by atoms with Gasteiger partial charge in [0.15, 0.2) is 0 Å². The molecule has 1 heterocycles. The lowest BCUT2D eigenvalue weighted by Crippen LogP contribution is -2.09. The highest BCUT2D eigenvalue weighted by molar-refractivity contribution is 6.35. The largest absolute Gasteiger partial charge is 0.348 e. The van der Waals surface area contributed by atoms with E-state index in [-0.39, 0.29) is 6.04 Å². The summed E-state index contributed by atoms with van der Waals surface area (Å²) in [6.07, 6.45) is 3.07. The van der Waals surface area contributed by atoms with Crippen LogP contribution in [0.5, 0.6) is 0 Å². The standard InChI is InChI=1S/C12H10Cl3N3/c1-7(10-3-2-8(13)4-11(10)15)18-12-16-5-9(14)6-17-12/h2-7H,1H3,(H,16,17,18). The second-order valence-electron chi connectivity index (χ2n) is 3.76. The van der Waals surface area contributed by atoms with Crippen LogP contribution in [0.3, 0.4) is 0 Å². The van der Waals surface area contributed by atoms with Crippen molar-refractivity contribution in [3.63, 3.8) is 0 Å². The predicted molar refractivity (Wildman–Crippen MR) is 75.5 cm³/mol. The summed E-state index contributed by atoms with van der Waals surface area (Å²) >= 11 is 17.7. The molecule has 0 fully saturated rings. The van der Waals surface area contributed by atoms with E-state index in [1.54, 1.807) is 12.1 Å². The molecule has 1 atom stereocenters. The van der Waals surface area contributed by atoms with Gasteiger partial charge in [-0.1, -0.05) is 40.9 Å². The molecule has 1 aromatic heterocycles. The van der Waals surface area contributed by atoms with Crippen LogP contribution < -0.4 is 5.32 Å². The van der Waals surface area contributed by atoms with Gasteiger partial charge in [-0.15, -0.1) is 0 Å². The van der Waals surface area contributed by atoms with Crippen LogP contribution in [0, 0.1) is 0 Å². The normalized spacial score (nSPS) is 12.2. The Bertz CT molecular complexity index is 543. The van der Waals surface area contributed by atoms with Gasteiger partial charge in [0.05, 0.1) is 23.5 Å². The van der Waals surface area contributed by atoms with Crippen LogP contribution in [-0.2, 0) is 0 Å². The van der Waals surface area contributed by atoms with E-state index in [4.69, 9.17) is 34.8 Å². The monoisotopic (exact) mass is 301 g/mol. The maximum atomic E-state index is 6.13. The Balaban J connectivity index is 2.16. The van der Waals surface area contributed by atoms with Crippen molar-refractivity contribution in [2.75, 3.05) is 5.32 Å². The van der Waals surface area contributed by atoms with Gasteiger partial charge in [-0.2, -0.15) is 0 Å². The zero-order valence-electron chi connectivity index (χ0n) is 9.49. The van der Waals surface area contributed by atoms with Gasteiger partial charge in [0.25, 0.3) is 0 Å². The number of hydrogen-bond acceptors (Lipinski definition) is 3. The van der Waals surface area contributed by atoms with E-state index in [0.29, 0.717) is 21.0 Å². The van der Waals surface area contributed by atoms with Crippen molar-refractivity contribution in [1.29, 1.82) is 0 Å². The van der Waals surface area contributed by atoms with Crippen LogP contribution in [0.2, 0.25) is 15.1 Å². The lowest BCUT2D eigenvalue weighted by Gasteiger charge is -2.15. The first-order valence-corrected chi connectivity index (χ1v) is 6.38. The van der Waals surface area contributed by atoms with Gasteiger partial charge in [-0.05, 0) is 24.6 Å². The summed E-state index contributed by atoms with van der Waals surface area (Å²) in [7, 11) is 0. The van der Waals surface area contributed by atoms with Crippen LogP contribution in [0.15, 0.2) is 30.6 Å². The van der Waals surface area contributed by atoms with Gasteiger partial charge < -0.3 is 5.32 Å². The van der Waals surface area contributed by atoms with Crippen molar-refractivity contribution in [3.8, 4) is 0 Å². The first-order chi connectivity index (χ1) is 8.56. The molecule has 0 radical (unpaired) electrons. The zero-order chi connectivity index (χ0) is 13.1. The first kappa shape index (κ1) is 13.4. The number of nitrogens with one attached hydrogen (secondary N) is 1. The molecule has 18 heavy (non-hydrogen) atoms. The maximum Gasteiger partial charge on any atom is 0.223 e. The Kier molecular flexibility index (Phi) is 4.27. The molecule has 2 rings (SSSR count). The summed E-state index contributed by atoms with van der Waals surface area (Å²) < 4.78 is 0. The zero-order valence-corrected chi connectivity index (χ0v) is 11.8. The van der Waals surface area contributed by atoms with E-state index in [0.717, 1.165) is 5.56 Å². The Morgan fingerprint density at radius 2 is 1.72 bits per heavy atom. The van der Waals surface area contributed by atoms with E-state index < -0.39 is 0 Å². The number of anilines is 1. The number of benzene rings is 1. The maximum absolute atomic E-state index is 6.13. The third-order valence-corrected chi connectivity index (χ3v) is 3.15. The van der Waals surface area contributed by atoms with Crippen molar-refractivity contribution < 1.29 is 0 Å². The molecular weight excluding hydrogens is 293 g/mol. The third kappa shape index (κ3) is 3.25. The highest BCUT2D eigenvalue weighted by Gasteiger charge is 2.11. The van der Waals surface area contributed by atoms with Crippen molar-refractivity contribution >= 4 is 40.8 Å². The van der Waals surface area contributed by atoms with E-state index in [9.17, 15) is 0 Å². The number of nitrogens with zero attached hydrogens (tertiary/aromatic N) is 2. The van der Waals surface area contributed by atoms with Gasteiger partial charge in [-0.3, -0.25) is 0 Å². The Hall–Kier alpha value is -1.03. The average molecular weight is 303 g/mol. The molecule has 6 heteroatoms. The molecule has 2 aromatic rings. The summed E-state index contributed by atoms with van der Waals surface area (Å²) in [6, 6.07) is 5.34. The lowest BCUT2D eigenvalue weighted by atomic mass is 10.1. The van der Waals surface area contributed by atoms with Crippen LogP contribution in [-0.4, -0.2) is 9.97 Å². The summed E-state index contributed by atoms with van der Waals surface area (Å²) in [5.41, 5.74) is 0.930. The Morgan fingerprint density at radius 3 is 2.33 bits per heavy atom. The van der Waals surface area contributed by atoms with Gasteiger partial charge in [0, 0.05) is 10.0 Å². The fourth-order valence-electron chi connectivity index (χ4n) is 1.51. The molecule has 0 amide bonds. The summed E-state index contributed by atoms with van der Waals surface area (Å²) in [5.74, 6) is 0.498. The Labute approximate surface area is 120 Å². The van der Waals surface area contributed by atoms with Crippen LogP contribution in [0.4, 0.5) is 5.95 Å². The average Bonchev–Trinajstić information content (AvgIpc) is 2.32. The highest BCUT2D eigenvalue weighted by atomic mass is 35.5. The fourth-order valence-corrected chi connectivity index (χ4v) is 2.18. The van der Waals surface area contributed by atoms with Crippen molar-refractivity contribution in [3.05, 3.63) is 51.2 Å². The number of aromatic nitrogens is 2. The minimum absolute atomic E-state index is 0.0315. The molecule has 0 aliphatic carbocycles. The molecule has 3 nitrogen and oxygen atoms in total. The highest BCUT2D eigenvalue weighted by Crippen LogP contribution is 2.27. The quantitative estimate of drug-likeness (QED) is 0.899. The second-order valence-corrected chi connectivity index (χ2v) is 5.04. The van der Waals surface area contributed by atoms with Crippen LogP contribution in [0.1, 0.15) is 18.5 Å². The molecule has 0 aliphatic rings. The van der Waals surface area contributed by atoms with E-state index >= 15 is 0 Å². The molecule has 1 unspecified atom stereocenters. The second kappa shape index (κ2) is 5.74. The summed E-state index contributed by atoms with van der Waals surface area (Å²) in [5, 5.41) is 4.85. The molecule has 0 saturated heterocycles. The van der Waals surface area contributed by atoms with Gasteiger partial charge in [0.2, 0.25) is 5.95 Å². The van der Waals surface area contributed by atoms with E-state index in [1.807, 2.05) is 13.0 Å². The minimum atomic E-state index is -0.0315. The molecule has 0 spiro atoms. The molecule has 94 valence electrons. The third-order valence-electron chi connectivity index (χ3n) is 2.39. The number of rotatable bonds is 3. The molecule has 1 N–H and O–H groups in total. The van der Waals surface area contributed by atoms with Crippen LogP contribution >= 0.6 is 34.8 Å².